The highest BCUT2D eigenvalue weighted by Crippen LogP contribution is 2.36. The molecule has 3 rings (SSSR count). The van der Waals surface area contributed by atoms with E-state index >= 15 is 0 Å². The quantitative estimate of drug-likeness (QED) is 0.603. The third kappa shape index (κ3) is 3.50. The molecule has 8 heteroatoms. The number of non-ortho nitro benzene ring substituents is 1. The van der Waals surface area contributed by atoms with Crippen LogP contribution in [0.2, 0.25) is 0 Å². The SMILES string of the molecule is CC1CCC(C)N(c2ccc([N+](=O)[O-])cc2S(=O)(=O)N2CCCC2)C1. The first-order valence-electron chi connectivity index (χ1n) is 8.86. The van der Waals surface area contributed by atoms with E-state index in [1.807, 2.05) is 0 Å². The molecule has 2 fully saturated rings. The number of rotatable bonds is 4. The van der Waals surface area contributed by atoms with Gasteiger partial charge in [0.1, 0.15) is 4.90 Å². The Morgan fingerprint density at radius 3 is 2.48 bits per heavy atom. The molecule has 25 heavy (non-hydrogen) atoms. The van der Waals surface area contributed by atoms with Gasteiger partial charge in [0, 0.05) is 37.8 Å². The van der Waals surface area contributed by atoms with Gasteiger partial charge in [-0.25, -0.2) is 8.42 Å². The Labute approximate surface area is 148 Å². The molecule has 1 aromatic carbocycles. The zero-order valence-electron chi connectivity index (χ0n) is 14.7. The third-order valence-corrected chi connectivity index (χ3v) is 7.19. The molecule has 0 amide bonds. The van der Waals surface area contributed by atoms with Crippen molar-refractivity contribution in [2.75, 3.05) is 24.5 Å². The van der Waals surface area contributed by atoms with Crippen LogP contribution in [-0.4, -0.2) is 43.3 Å². The van der Waals surface area contributed by atoms with Crippen LogP contribution < -0.4 is 4.90 Å². The number of nitro groups is 1. The monoisotopic (exact) mass is 367 g/mol. The van der Waals surface area contributed by atoms with Crippen molar-refractivity contribution in [3.63, 3.8) is 0 Å². The van der Waals surface area contributed by atoms with Crippen molar-refractivity contribution in [2.45, 2.75) is 50.5 Å². The molecule has 1 aromatic rings. The topological polar surface area (TPSA) is 83.8 Å². The van der Waals surface area contributed by atoms with Crippen LogP contribution in [0.5, 0.6) is 0 Å². The Morgan fingerprint density at radius 2 is 1.84 bits per heavy atom. The molecule has 2 saturated heterocycles. The lowest BCUT2D eigenvalue weighted by Gasteiger charge is -2.39. The summed E-state index contributed by atoms with van der Waals surface area (Å²) in [4.78, 5) is 12.8. The van der Waals surface area contributed by atoms with Crippen molar-refractivity contribution in [3.8, 4) is 0 Å². The molecule has 7 nitrogen and oxygen atoms in total. The summed E-state index contributed by atoms with van der Waals surface area (Å²) in [5.41, 5.74) is 0.413. The van der Waals surface area contributed by atoms with E-state index in [9.17, 15) is 18.5 Å². The summed E-state index contributed by atoms with van der Waals surface area (Å²) >= 11 is 0. The second kappa shape index (κ2) is 6.92. The Hall–Kier alpha value is -1.67. The largest absolute Gasteiger partial charge is 0.367 e. The van der Waals surface area contributed by atoms with Crippen LogP contribution in [0, 0.1) is 16.0 Å². The van der Waals surface area contributed by atoms with Gasteiger partial charge in [-0.1, -0.05) is 6.92 Å². The minimum atomic E-state index is -3.73. The lowest BCUT2D eigenvalue weighted by molar-refractivity contribution is -0.385. The third-order valence-electron chi connectivity index (χ3n) is 5.26. The Morgan fingerprint density at radius 1 is 1.16 bits per heavy atom. The van der Waals surface area contributed by atoms with Crippen LogP contribution in [0.15, 0.2) is 23.1 Å². The molecule has 2 heterocycles. The summed E-state index contributed by atoms with van der Waals surface area (Å²) in [5.74, 6) is 0.466. The number of anilines is 1. The first-order valence-corrected chi connectivity index (χ1v) is 10.3. The highest BCUT2D eigenvalue weighted by molar-refractivity contribution is 7.89. The van der Waals surface area contributed by atoms with Gasteiger partial charge in [-0.05, 0) is 44.6 Å². The number of nitro benzene ring substituents is 1. The molecule has 0 aromatic heterocycles. The maximum Gasteiger partial charge on any atom is 0.270 e. The maximum absolute atomic E-state index is 13.1. The van der Waals surface area contributed by atoms with Crippen LogP contribution in [-0.2, 0) is 10.0 Å². The highest BCUT2D eigenvalue weighted by atomic mass is 32.2. The lowest BCUT2D eigenvalue weighted by Crippen LogP contribution is -2.42. The molecule has 2 atom stereocenters. The predicted molar refractivity (Wildman–Crippen MR) is 96.3 cm³/mol. The molecule has 0 saturated carbocycles. The number of benzene rings is 1. The number of nitrogens with zero attached hydrogens (tertiary/aromatic N) is 3. The molecular formula is C17H25N3O4S. The van der Waals surface area contributed by atoms with Gasteiger partial charge in [-0.3, -0.25) is 10.1 Å². The van der Waals surface area contributed by atoms with Crippen LogP contribution in [0.4, 0.5) is 11.4 Å². The van der Waals surface area contributed by atoms with Crippen LogP contribution >= 0.6 is 0 Å². The van der Waals surface area contributed by atoms with Crippen LogP contribution in [0.25, 0.3) is 0 Å². The first-order chi connectivity index (χ1) is 11.8. The van der Waals surface area contributed by atoms with Crippen molar-refractivity contribution in [2.24, 2.45) is 5.92 Å². The van der Waals surface area contributed by atoms with Gasteiger partial charge < -0.3 is 4.90 Å². The first kappa shape index (κ1) is 18.1. The van der Waals surface area contributed by atoms with Crippen molar-refractivity contribution in [1.29, 1.82) is 0 Å². The van der Waals surface area contributed by atoms with Gasteiger partial charge in [0.2, 0.25) is 10.0 Å². The molecule has 2 aliphatic heterocycles. The van der Waals surface area contributed by atoms with Gasteiger partial charge in [0.05, 0.1) is 10.6 Å². The van der Waals surface area contributed by atoms with Gasteiger partial charge >= 0.3 is 0 Å². The van der Waals surface area contributed by atoms with Crippen molar-refractivity contribution < 1.29 is 13.3 Å². The fraction of sp³-hybridized carbons (Fsp3) is 0.647. The summed E-state index contributed by atoms with van der Waals surface area (Å²) in [5, 5.41) is 11.2. The smallest absolute Gasteiger partial charge is 0.270 e. The van der Waals surface area contributed by atoms with E-state index in [1.165, 1.54) is 16.4 Å². The molecule has 0 radical (unpaired) electrons. The highest BCUT2D eigenvalue weighted by Gasteiger charge is 2.34. The molecule has 0 N–H and O–H groups in total. The number of sulfonamides is 1. The standard InChI is InChI=1S/C17H25N3O4S/c1-13-5-6-14(2)19(12-13)16-8-7-15(20(21)22)11-17(16)25(23,24)18-9-3-4-10-18/h7-8,11,13-14H,3-6,9-10,12H2,1-2H3. The molecule has 0 spiro atoms. The fourth-order valence-corrected chi connectivity index (χ4v) is 5.49. The molecule has 138 valence electrons. The maximum atomic E-state index is 13.1. The minimum Gasteiger partial charge on any atom is -0.367 e. The second-order valence-electron chi connectivity index (χ2n) is 7.20. The van der Waals surface area contributed by atoms with E-state index in [0.717, 1.165) is 32.2 Å². The van der Waals surface area contributed by atoms with E-state index in [4.69, 9.17) is 0 Å². The Bertz CT molecular complexity index is 759. The van der Waals surface area contributed by atoms with E-state index in [-0.39, 0.29) is 16.6 Å². The average molecular weight is 367 g/mol. The van der Waals surface area contributed by atoms with Gasteiger partial charge in [-0.15, -0.1) is 0 Å². The van der Waals surface area contributed by atoms with E-state index in [0.29, 0.717) is 24.7 Å². The van der Waals surface area contributed by atoms with Gasteiger partial charge in [0.25, 0.3) is 5.69 Å². The number of hydrogen-bond acceptors (Lipinski definition) is 5. The molecule has 0 bridgehead atoms. The van der Waals surface area contributed by atoms with Crippen molar-refractivity contribution in [3.05, 3.63) is 28.3 Å². The zero-order chi connectivity index (χ0) is 18.2. The van der Waals surface area contributed by atoms with Gasteiger partial charge in [-0.2, -0.15) is 4.31 Å². The normalized spacial score (nSPS) is 25.3. The molecule has 2 unspecified atom stereocenters. The van der Waals surface area contributed by atoms with E-state index < -0.39 is 14.9 Å². The summed E-state index contributed by atoms with van der Waals surface area (Å²) in [6.45, 7) is 5.97. The van der Waals surface area contributed by atoms with Crippen molar-refractivity contribution in [1.82, 2.24) is 4.31 Å². The second-order valence-corrected chi connectivity index (χ2v) is 9.11. The molecular weight excluding hydrogens is 342 g/mol. The summed E-state index contributed by atoms with van der Waals surface area (Å²) in [6, 6.07) is 4.46. The Balaban J connectivity index is 2.10. The van der Waals surface area contributed by atoms with E-state index in [1.54, 1.807) is 6.07 Å². The number of hydrogen-bond donors (Lipinski definition) is 0. The Kier molecular flexibility index (Phi) is 5.02. The number of piperidine rings is 1. The van der Waals surface area contributed by atoms with Gasteiger partial charge in [0.15, 0.2) is 0 Å². The summed E-state index contributed by atoms with van der Waals surface area (Å²) in [6.07, 6.45) is 3.77. The van der Waals surface area contributed by atoms with Crippen LogP contribution in [0.3, 0.4) is 0 Å². The predicted octanol–water partition coefficient (Wildman–Crippen LogP) is 3.00. The molecule has 0 aliphatic carbocycles. The minimum absolute atomic E-state index is 0.0737. The van der Waals surface area contributed by atoms with E-state index in [2.05, 4.69) is 18.7 Å². The average Bonchev–Trinajstić information content (AvgIpc) is 3.12. The fourth-order valence-electron chi connectivity index (χ4n) is 3.75. The lowest BCUT2D eigenvalue weighted by atomic mass is 9.94. The van der Waals surface area contributed by atoms with Crippen LogP contribution in [0.1, 0.15) is 39.5 Å². The summed E-state index contributed by atoms with van der Waals surface area (Å²) in [7, 11) is -3.73. The van der Waals surface area contributed by atoms with Crippen molar-refractivity contribution >= 4 is 21.4 Å². The summed E-state index contributed by atoms with van der Waals surface area (Å²) < 4.78 is 27.7. The zero-order valence-corrected chi connectivity index (χ0v) is 15.5. The molecule has 2 aliphatic rings.